The molecule has 0 aromatic heterocycles. The highest BCUT2D eigenvalue weighted by molar-refractivity contribution is 9.10. The predicted octanol–water partition coefficient (Wildman–Crippen LogP) is 8.22. The second-order valence-electron chi connectivity index (χ2n) is 7.09. The first-order valence-corrected chi connectivity index (χ1v) is 12.4. The number of amides is 2. The first-order chi connectivity index (χ1) is 15.8. The van der Waals surface area contributed by atoms with Crippen LogP contribution in [0, 0.1) is 0 Å². The number of halogens is 4. The maximum atomic E-state index is 12.8. The molecule has 33 heavy (non-hydrogen) atoms. The van der Waals surface area contributed by atoms with Crippen molar-refractivity contribution < 1.29 is 14.3 Å². The third-order valence-electron chi connectivity index (χ3n) is 4.78. The van der Waals surface area contributed by atoms with Gasteiger partial charge in [-0.1, -0.05) is 81.1 Å². The molecule has 4 rings (SSSR count). The van der Waals surface area contributed by atoms with Gasteiger partial charge in [0.1, 0.15) is 6.61 Å². The van der Waals surface area contributed by atoms with Gasteiger partial charge >= 0.3 is 0 Å². The molecule has 1 heterocycles. The Balaban J connectivity index is 1.50. The van der Waals surface area contributed by atoms with E-state index in [-0.39, 0.29) is 34.3 Å². The van der Waals surface area contributed by atoms with Gasteiger partial charge in [-0.05, 0) is 59.3 Å². The zero-order chi connectivity index (χ0) is 23.5. The summed E-state index contributed by atoms with van der Waals surface area (Å²) in [5, 5.41) is 0.830. The fourth-order valence-corrected chi connectivity index (χ4v) is 5.03. The summed E-state index contributed by atoms with van der Waals surface area (Å²) >= 11 is 23.2. The summed E-state index contributed by atoms with van der Waals surface area (Å²) in [6.07, 6.45) is 1.60. The lowest BCUT2D eigenvalue weighted by molar-refractivity contribution is -0.123. The van der Waals surface area contributed by atoms with Crippen LogP contribution in [0.3, 0.4) is 0 Å². The molecule has 0 radical (unpaired) electrons. The number of thioether (sulfide) groups is 1. The summed E-state index contributed by atoms with van der Waals surface area (Å²) in [4.78, 5) is 26.8. The first kappa shape index (κ1) is 24.2. The van der Waals surface area contributed by atoms with Crippen molar-refractivity contribution in [2.24, 2.45) is 0 Å². The minimum atomic E-state index is -0.362. The molecule has 0 aliphatic carbocycles. The maximum absolute atomic E-state index is 12.8. The molecule has 1 aliphatic rings. The molecule has 1 saturated heterocycles. The minimum Gasteiger partial charge on any atom is -0.486 e. The largest absolute Gasteiger partial charge is 0.486 e. The van der Waals surface area contributed by atoms with Crippen LogP contribution in [-0.4, -0.2) is 16.0 Å². The Labute approximate surface area is 218 Å². The molecule has 1 aliphatic heterocycles. The van der Waals surface area contributed by atoms with Crippen LogP contribution in [-0.2, 0) is 17.9 Å². The number of hydrogen-bond acceptors (Lipinski definition) is 4. The molecular weight excluding hydrogens is 569 g/mol. The highest BCUT2D eigenvalue weighted by Gasteiger charge is 2.35. The summed E-state index contributed by atoms with van der Waals surface area (Å²) in [6.45, 7) is 0.402. The summed E-state index contributed by atoms with van der Waals surface area (Å²) in [6, 6.07) is 18.0. The van der Waals surface area contributed by atoms with Gasteiger partial charge in [0.05, 0.1) is 21.5 Å². The average molecular weight is 584 g/mol. The summed E-state index contributed by atoms with van der Waals surface area (Å²) < 4.78 is 6.71. The Morgan fingerprint density at radius 2 is 1.61 bits per heavy atom. The molecule has 4 nitrogen and oxygen atoms in total. The van der Waals surface area contributed by atoms with Crippen LogP contribution in [0.1, 0.15) is 16.7 Å². The van der Waals surface area contributed by atoms with E-state index in [1.54, 1.807) is 24.3 Å². The van der Waals surface area contributed by atoms with E-state index in [2.05, 4.69) is 15.9 Å². The number of nitrogens with zero attached hydrogens (tertiary/aromatic N) is 1. The highest BCUT2D eigenvalue weighted by Crippen LogP contribution is 2.38. The van der Waals surface area contributed by atoms with Crippen molar-refractivity contribution >= 4 is 79.7 Å². The predicted molar refractivity (Wildman–Crippen MR) is 138 cm³/mol. The van der Waals surface area contributed by atoms with Gasteiger partial charge in [-0.25, -0.2) is 0 Å². The molecule has 0 unspecified atom stereocenters. The van der Waals surface area contributed by atoms with Crippen LogP contribution in [0.15, 0.2) is 70.0 Å². The van der Waals surface area contributed by atoms with E-state index in [1.807, 2.05) is 42.5 Å². The van der Waals surface area contributed by atoms with Crippen molar-refractivity contribution in [1.82, 2.24) is 4.90 Å². The maximum Gasteiger partial charge on any atom is 0.293 e. The van der Waals surface area contributed by atoms with Crippen LogP contribution in [0.2, 0.25) is 15.1 Å². The van der Waals surface area contributed by atoms with E-state index < -0.39 is 0 Å². The smallest absolute Gasteiger partial charge is 0.293 e. The molecule has 0 spiro atoms. The molecule has 2 amide bonds. The Kier molecular flexibility index (Phi) is 7.72. The number of hydrogen-bond donors (Lipinski definition) is 0. The summed E-state index contributed by atoms with van der Waals surface area (Å²) in [5.41, 5.74) is 2.24. The van der Waals surface area contributed by atoms with Gasteiger partial charge in [0.15, 0.2) is 5.75 Å². The Morgan fingerprint density at radius 3 is 2.27 bits per heavy atom. The zero-order valence-electron chi connectivity index (χ0n) is 16.9. The van der Waals surface area contributed by atoms with Crippen molar-refractivity contribution in [2.75, 3.05) is 0 Å². The number of rotatable bonds is 6. The lowest BCUT2D eigenvalue weighted by atomic mass is 10.2. The van der Waals surface area contributed by atoms with Gasteiger partial charge in [0, 0.05) is 15.1 Å². The molecule has 3 aromatic rings. The van der Waals surface area contributed by atoms with Crippen LogP contribution in [0.5, 0.6) is 5.75 Å². The van der Waals surface area contributed by atoms with Crippen molar-refractivity contribution in [3.05, 3.63) is 102 Å². The van der Waals surface area contributed by atoms with E-state index in [9.17, 15) is 9.59 Å². The number of imide groups is 1. The summed E-state index contributed by atoms with van der Waals surface area (Å²) in [7, 11) is 0. The quantitative estimate of drug-likeness (QED) is 0.274. The van der Waals surface area contributed by atoms with E-state index in [1.165, 1.54) is 4.90 Å². The number of ether oxygens (including phenoxy) is 1. The SMILES string of the molecule is O=C1S/C(=C\c2cc(Cl)c(OCc3ccccc3Cl)c(Cl)c2)C(=O)N1Cc1ccc(Br)cc1. The molecule has 0 bridgehead atoms. The van der Waals surface area contributed by atoms with E-state index in [0.717, 1.165) is 27.4 Å². The molecule has 9 heteroatoms. The molecule has 1 fully saturated rings. The van der Waals surface area contributed by atoms with Crippen molar-refractivity contribution in [3.8, 4) is 5.75 Å². The lowest BCUT2D eigenvalue weighted by Gasteiger charge is -2.13. The zero-order valence-corrected chi connectivity index (χ0v) is 21.5. The first-order valence-electron chi connectivity index (χ1n) is 9.67. The Hall–Kier alpha value is -1.96. The van der Waals surface area contributed by atoms with E-state index in [4.69, 9.17) is 39.5 Å². The van der Waals surface area contributed by atoms with Crippen molar-refractivity contribution in [3.63, 3.8) is 0 Å². The van der Waals surface area contributed by atoms with Crippen LogP contribution < -0.4 is 4.74 Å². The van der Waals surface area contributed by atoms with Gasteiger partial charge < -0.3 is 4.74 Å². The third-order valence-corrected chi connectivity index (χ3v) is 7.14. The van der Waals surface area contributed by atoms with Crippen LogP contribution in [0.4, 0.5) is 4.79 Å². The number of benzene rings is 3. The molecule has 0 atom stereocenters. The monoisotopic (exact) mass is 581 g/mol. The third kappa shape index (κ3) is 5.76. The average Bonchev–Trinajstić information content (AvgIpc) is 3.03. The van der Waals surface area contributed by atoms with Crippen molar-refractivity contribution in [2.45, 2.75) is 13.2 Å². The van der Waals surface area contributed by atoms with Gasteiger partial charge in [-0.3, -0.25) is 14.5 Å². The lowest BCUT2D eigenvalue weighted by Crippen LogP contribution is -2.27. The second-order valence-corrected chi connectivity index (χ2v) is 10.2. The molecule has 0 N–H and O–H groups in total. The minimum absolute atomic E-state index is 0.200. The molecule has 3 aromatic carbocycles. The fraction of sp³-hybridized carbons (Fsp3) is 0.0833. The molecule has 0 saturated carbocycles. The number of carbonyl (C=O) groups excluding carboxylic acids is 2. The Morgan fingerprint density at radius 1 is 0.939 bits per heavy atom. The van der Waals surface area contributed by atoms with E-state index in [0.29, 0.717) is 21.2 Å². The van der Waals surface area contributed by atoms with E-state index >= 15 is 0 Å². The van der Waals surface area contributed by atoms with Crippen LogP contribution in [0.25, 0.3) is 6.08 Å². The Bertz CT molecular complexity index is 1240. The standard InChI is InChI=1S/C24H15BrCl3NO3S/c25-17-7-5-14(6-8-17)12-29-23(30)21(33-24(29)31)11-15-9-19(27)22(20(28)10-15)32-13-16-3-1-2-4-18(16)26/h1-11H,12-13H2/b21-11-. The summed E-state index contributed by atoms with van der Waals surface area (Å²) in [5.74, 6) is -0.0436. The van der Waals surface area contributed by atoms with Gasteiger partial charge in [-0.2, -0.15) is 0 Å². The highest BCUT2D eigenvalue weighted by atomic mass is 79.9. The molecular formula is C24H15BrCl3NO3S. The second kappa shape index (κ2) is 10.5. The topological polar surface area (TPSA) is 46.6 Å². The fourth-order valence-electron chi connectivity index (χ4n) is 3.13. The molecule has 168 valence electrons. The van der Waals surface area contributed by atoms with Crippen molar-refractivity contribution in [1.29, 1.82) is 0 Å². The normalized spacial score (nSPS) is 14.9. The van der Waals surface area contributed by atoms with Gasteiger partial charge in [0.25, 0.3) is 11.1 Å². The number of carbonyl (C=O) groups is 2. The van der Waals surface area contributed by atoms with Gasteiger partial charge in [-0.15, -0.1) is 0 Å². The van der Waals surface area contributed by atoms with Crippen LogP contribution >= 0.6 is 62.5 Å². The van der Waals surface area contributed by atoms with Gasteiger partial charge in [0.2, 0.25) is 0 Å².